The van der Waals surface area contributed by atoms with Crippen LogP contribution in [0.5, 0.6) is 0 Å². The quantitative estimate of drug-likeness (QED) is 0.355. The van der Waals surface area contributed by atoms with Gasteiger partial charge in [0.05, 0.1) is 0 Å². The molecule has 5 heavy (non-hydrogen) atoms. The van der Waals surface area contributed by atoms with E-state index in [0.29, 0.717) is 0 Å². The minimum Gasteiger partial charge on any atom is -0.0718 e. The van der Waals surface area contributed by atoms with Crippen LogP contribution in [0.15, 0.2) is 6.08 Å². The van der Waals surface area contributed by atoms with Crippen molar-refractivity contribution in [3.05, 3.63) is 12.2 Å². The summed E-state index contributed by atoms with van der Waals surface area (Å²) in [6.07, 6.45) is 4.89. The molecule has 0 heteroatoms. The highest BCUT2D eigenvalue weighted by Crippen LogP contribution is 2.39. The number of hydrogen-bond donors (Lipinski definition) is 0. The molecule has 0 unspecified atom stereocenters. The van der Waals surface area contributed by atoms with Crippen LogP contribution in [-0.2, 0) is 0 Å². The molecule has 1 radical (unpaired) electrons. The van der Waals surface area contributed by atoms with Gasteiger partial charge in [0, 0.05) is 0 Å². The summed E-state index contributed by atoms with van der Waals surface area (Å²) in [6, 6.07) is 0. The number of allylic oxidation sites excluding steroid dienone is 2. The molecule has 2 aliphatic rings. The molecular weight excluding hydrogens is 60.1 g/mol. The maximum absolute atomic E-state index is 2.94. The van der Waals surface area contributed by atoms with Crippen LogP contribution in [-0.4, -0.2) is 0 Å². The summed E-state index contributed by atoms with van der Waals surface area (Å²) in [4.78, 5) is 0. The van der Waals surface area contributed by atoms with Crippen molar-refractivity contribution in [2.75, 3.05) is 0 Å². The lowest BCUT2D eigenvalue weighted by Gasteiger charge is -1.65. The Kier molecular flexibility index (Phi) is 0.0673. The van der Waals surface area contributed by atoms with Crippen molar-refractivity contribution in [3.63, 3.8) is 0 Å². The zero-order valence-electron chi connectivity index (χ0n) is 2.58. The van der Waals surface area contributed by atoms with Gasteiger partial charge in [-0.15, -0.1) is 0 Å². The summed E-state index contributed by atoms with van der Waals surface area (Å²) in [7, 11) is 0. The van der Waals surface area contributed by atoms with E-state index >= 15 is 0 Å². The Morgan fingerprint density at radius 2 is 2.00 bits per heavy atom. The van der Waals surface area contributed by atoms with Gasteiger partial charge in [0.25, 0.3) is 0 Å². The zero-order chi connectivity index (χ0) is 3.33. The maximum Gasteiger partial charge on any atom is 0.136 e. The smallest absolute Gasteiger partial charge is 0.0718 e. The molecule has 2 rings (SSSR count). The predicted octanol–water partition coefficient (Wildman–Crippen LogP) is 0.363. The molecular formula is C5H. The molecule has 0 bridgehead atoms. The van der Waals surface area contributed by atoms with Crippen LogP contribution in [0.1, 0.15) is 0 Å². The van der Waals surface area contributed by atoms with Crippen molar-refractivity contribution in [2.24, 2.45) is 5.41 Å². The third-order valence-corrected chi connectivity index (χ3v) is 0.827. The molecule has 21 valence electrons. The standard InChI is InChI=1S/C5H/c1-2-5(1)3-4-5/h1H. The van der Waals surface area contributed by atoms with E-state index in [0.717, 1.165) is 0 Å². The van der Waals surface area contributed by atoms with E-state index in [1.54, 1.807) is 0 Å². The molecule has 0 aromatic rings. The molecule has 0 saturated heterocycles. The summed E-state index contributed by atoms with van der Waals surface area (Å²) in [5.41, 5.74) is 0.125. The maximum atomic E-state index is 2.94. The molecule has 0 heterocycles. The van der Waals surface area contributed by atoms with Gasteiger partial charge in [-0.25, -0.2) is 0 Å². The summed E-state index contributed by atoms with van der Waals surface area (Å²) in [5, 5.41) is 0. The monoisotopic (exact) mass is 61.0 g/mol. The average Bonchev–Trinajstić information content (AvgIpc) is 2.17. The highest BCUT2D eigenvalue weighted by Gasteiger charge is 2.38. The topological polar surface area (TPSA) is 0 Å². The van der Waals surface area contributed by atoms with Gasteiger partial charge in [0.15, 0.2) is 0 Å². The van der Waals surface area contributed by atoms with E-state index in [1.807, 2.05) is 6.08 Å². The minimum absolute atomic E-state index is 0.125. The van der Waals surface area contributed by atoms with Gasteiger partial charge in [-0.3, -0.25) is 0 Å². The van der Waals surface area contributed by atoms with Crippen LogP contribution in [0.2, 0.25) is 0 Å². The van der Waals surface area contributed by atoms with Crippen LogP contribution < -0.4 is 0 Å². The highest BCUT2D eigenvalue weighted by atomic mass is 14.4. The lowest BCUT2D eigenvalue weighted by Crippen LogP contribution is -1.68. The van der Waals surface area contributed by atoms with Crippen LogP contribution in [0, 0.1) is 23.3 Å². The number of rotatable bonds is 0. The summed E-state index contributed by atoms with van der Waals surface area (Å²) in [5.74, 6) is 5.74. The first-order valence-corrected chi connectivity index (χ1v) is 1.58. The van der Waals surface area contributed by atoms with Crippen molar-refractivity contribution in [2.45, 2.75) is 0 Å². The molecule has 0 nitrogen and oxygen atoms in total. The van der Waals surface area contributed by atoms with Crippen LogP contribution in [0.25, 0.3) is 0 Å². The fourth-order valence-electron chi connectivity index (χ4n) is 0.284. The van der Waals surface area contributed by atoms with Crippen LogP contribution >= 0.6 is 0 Å². The van der Waals surface area contributed by atoms with E-state index in [9.17, 15) is 0 Å². The fraction of sp³-hybridized carbons (Fsp3) is 0.200. The first kappa shape index (κ1) is 1.67. The van der Waals surface area contributed by atoms with Crippen molar-refractivity contribution >= 4 is 0 Å². The number of hydrogen-bond acceptors (Lipinski definition) is 0. The van der Waals surface area contributed by atoms with Crippen molar-refractivity contribution in [3.8, 4) is 11.8 Å². The molecule has 0 atom stereocenters. The second-order valence-electron chi connectivity index (χ2n) is 1.35. The first-order chi connectivity index (χ1) is 2.41. The normalized spacial score (nSPS) is 28.8. The third-order valence-electron chi connectivity index (χ3n) is 0.827. The van der Waals surface area contributed by atoms with Gasteiger partial charge >= 0.3 is 0 Å². The van der Waals surface area contributed by atoms with E-state index < -0.39 is 0 Å². The van der Waals surface area contributed by atoms with Gasteiger partial charge in [-0.2, -0.15) is 0 Å². The molecule has 0 N–H and O–H groups in total. The van der Waals surface area contributed by atoms with E-state index in [4.69, 9.17) is 0 Å². The Morgan fingerprint density at radius 1 is 1.40 bits per heavy atom. The molecule has 0 aromatic carbocycles. The second-order valence-corrected chi connectivity index (χ2v) is 1.35. The Morgan fingerprint density at radius 3 is 2.00 bits per heavy atom. The summed E-state index contributed by atoms with van der Waals surface area (Å²) in [6.45, 7) is 0. The van der Waals surface area contributed by atoms with Gasteiger partial charge in [0.1, 0.15) is 5.41 Å². The molecule has 1 spiro atoms. The van der Waals surface area contributed by atoms with Gasteiger partial charge in [0.2, 0.25) is 0 Å². The zero-order valence-corrected chi connectivity index (χ0v) is 2.58. The fourth-order valence-corrected chi connectivity index (χ4v) is 0.284. The first-order valence-electron chi connectivity index (χ1n) is 1.58. The Bertz CT molecular complexity index is 137. The SMILES string of the molecule is [C]1=CC12C#C2. The Balaban J connectivity index is 2.46. The molecule has 0 fully saturated rings. The lowest BCUT2D eigenvalue weighted by molar-refractivity contribution is 1.15. The van der Waals surface area contributed by atoms with E-state index in [2.05, 4.69) is 17.9 Å². The van der Waals surface area contributed by atoms with Gasteiger partial charge < -0.3 is 0 Å². The van der Waals surface area contributed by atoms with E-state index in [1.165, 1.54) is 0 Å². The second kappa shape index (κ2) is 0.202. The Labute approximate surface area is 30.5 Å². The highest BCUT2D eigenvalue weighted by molar-refractivity contribution is 5.58. The largest absolute Gasteiger partial charge is 0.136 e. The van der Waals surface area contributed by atoms with Crippen molar-refractivity contribution < 1.29 is 0 Å². The molecule has 0 aromatic heterocycles. The van der Waals surface area contributed by atoms with Crippen LogP contribution in [0.3, 0.4) is 0 Å². The van der Waals surface area contributed by atoms with Gasteiger partial charge in [-0.1, -0.05) is 11.8 Å². The molecule has 2 aliphatic carbocycles. The summed E-state index contributed by atoms with van der Waals surface area (Å²) >= 11 is 0. The Hall–Kier alpha value is -0.700. The van der Waals surface area contributed by atoms with Gasteiger partial charge in [-0.05, 0) is 12.2 Å². The molecule has 0 saturated carbocycles. The predicted molar refractivity (Wildman–Crippen MR) is 18.0 cm³/mol. The van der Waals surface area contributed by atoms with Crippen molar-refractivity contribution in [1.82, 2.24) is 0 Å². The average molecular weight is 61.1 g/mol. The third kappa shape index (κ3) is 0.0645. The van der Waals surface area contributed by atoms with Crippen molar-refractivity contribution in [1.29, 1.82) is 0 Å². The molecule has 0 aliphatic heterocycles. The molecule has 0 amide bonds. The summed E-state index contributed by atoms with van der Waals surface area (Å²) < 4.78 is 0. The minimum atomic E-state index is 0.125. The lowest BCUT2D eigenvalue weighted by atomic mass is 10.3. The van der Waals surface area contributed by atoms with Crippen LogP contribution in [0.4, 0.5) is 0 Å². The van der Waals surface area contributed by atoms with E-state index in [-0.39, 0.29) is 5.41 Å².